The van der Waals surface area contributed by atoms with Crippen LogP contribution >= 0.6 is 0 Å². The molecule has 0 saturated carbocycles. The van der Waals surface area contributed by atoms with E-state index >= 15 is 0 Å². The van der Waals surface area contributed by atoms with Crippen LogP contribution in [0.2, 0.25) is 0 Å². The van der Waals surface area contributed by atoms with Gasteiger partial charge in [0.1, 0.15) is 0 Å². The van der Waals surface area contributed by atoms with Crippen molar-refractivity contribution < 1.29 is 13.2 Å². The highest BCUT2D eigenvalue weighted by Gasteiger charge is 2.24. The zero-order chi connectivity index (χ0) is 22.0. The Bertz CT molecular complexity index is 1300. The molecular formula is C22H19N5O3S. The highest BCUT2D eigenvalue weighted by atomic mass is 32.2. The minimum atomic E-state index is -3.66. The second-order valence-corrected chi connectivity index (χ2v) is 8.66. The van der Waals surface area contributed by atoms with E-state index in [1.165, 1.54) is 12.1 Å². The number of hydrogen-bond acceptors (Lipinski definition) is 6. The lowest BCUT2D eigenvalue weighted by atomic mass is 10.1. The van der Waals surface area contributed by atoms with Crippen LogP contribution in [-0.2, 0) is 21.2 Å². The second-order valence-electron chi connectivity index (χ2n) is 6.89. The maximum absolute atomic E-state index is 12.5. The first-order valence-electron chi connectivity index (χ1n) is 9.41. The number of anilines is 3. The van der Waals surface area contributed by atoms with Crippen LogP contribution in [0, 0.1) is 12.3 Å². The summed E-state index contributed by atoms with van der Waals surface area (Å²) < 4.78 is 26.6. The number of carbonyl (C=O) groups is 1. The van der Waals surface area contributed by atoms with Crippen LogP contribution < -0.4 is 14.9 Å². The van der Waals surface area contributed by atoms with Crippen LogP contribution in [0.4, 0.5) is 17.3 Å². The molecular weight excluding hydrogens is 414 g/mol. The Kier molecular flexibility index (Phi) is 5.42. The standard InChI is InChI=1S/C22H19N5O3S/c1-3-12-24-31(29,30)17-10-8-16(9-11-17)25-22-23-14-15-13-20(28)27(2)19-7-5-4-6-18(19)21(15)26-22/h1,4-11,14,24H,12-13H2,2H3,(H,23,25,26). The largest absolute Gasteiger partial charge is 0.324 e. The van der Waals surface area contributed by atoms with Gasteiger partial charge in [0.05, 0.1) is 29.2 Å². The van der Waals surface area contributed by atoms with Crippen molar-refractivity contribution >= 4 is 33.3 Å². The third-order valence-corrected chi connectivity index (χ3v) is 6.30. The van der Waals surface area contributed by atoms with Crippen LogP contribution in [0.1, 0.15) is 5.56 Å². The number of terminal acetylenes is 1. The van der Waals surface area contributed by atoms with E-state index in [1.54, 1.807) is 30.3 Å². The average molecular weight is 433 g/mol. The molecule has 1 aromatic heterocycles. The molecule has 1 amide bonds. The molecule has 4 rings (SSSR count). The number of fused-ring (bicyclic) bond motifs is 3. The minimum Gasteiger partial charge on any atom is -0.324 e. The molecule has 0 spiro atoms. The predicted molar refractivity (Wildman–Crippen MR) is 118 cm³/mol. The quantitative estimate of drug-likeness (QED) is 0.599. The van der Waals surface area contributed by atoms with Crippen LogP contribution in [0.5, 0.6) is 0 Å². The van der Waals surface area contributed by atoms with E-state index in [0.29, 0.717) is 17.3 Å². The van der Waals surface area contributed by atoms with Crippen molar-refractivity contribution in [3.8, 4) is 23.6 Å². The zero-order valence-electron chi connectivity index (χ0n) is 16.7. The van der Waals surface area contributed by atoms with Crippen LogP contribution in [-0.4, -0.2) is 37.9 Å². The van der Waals surface area contributed by atoms with E-state index in [4.69, 9.17) is 6.42 Å². The number of carbonyl (C=O) groups excluding carboxylic acids is 1. The van der Waals surface area contributed by atoms with Gasteiger partial charge in [-0.2, -0.15) is 4.72 Å². The van der Waals surface area contributed by atoms with Crippen molar-refractivity contribution in [3.05, 3.63) is 60.3 Å². The normalized spacial score (nSPS) is 13.0. The number of para-hydroxylation sites is 1. The number of hydrogen-bond donors (Lipinski definition) is 2. The van der Waals surface area contributed by atoms with E-state index in [-0.39, 0.29) is 23.8 Å². The highest BCUT2D eigenvalue weighted by molar-refractivity contribution is 7.89. The zero-order valence-corrected chi connectivity index (χ0v) is 17.5. The summed E-state index contributed by atoms with van der Waals surface area (Å²) in [4.78, 5) is 23.2. The topological polar surface area (TPSA) is 104 Å². The smallest absolute Gasteiger partial charge is 0.241 e. The summed E-state index contributed by atoms with van der Waals surface area (Å²) in [6.07, 6.45) is 6.95. The van der Waals surface area contributed by atoms with Gasteiger partial charge < -0.3 is 10.2 Å². The minimum absolute atomic E-state index is 0.0363. The molecule has 8 nitrogen and oxygen atoms in total. The summed E-state index contributed by atoms with van der Waals surface area (Å²) in [7, 11) is -1.92. The van der Waals surface area contributed by atoms with Crippen molar-refractivity contribution in [2.24, 2.45) is 0 Å². The summed E-state index contributed by atoms with van der Waals surface area (Å²) in [6, 6.07) is 13.7. The number of aromatic nitrogens is 2. The van der Waals surface area contributed by atoms with Crippen LogP contribution in [0.15, 0.2) is 59.6 Å². The number of rotatable bonds is 5. The van der Waals surface area contributed by atoms with Gasteiger partial charge in [-0.3, -0.25) is 4.79 Å². The first-order chi connectivity index (χ1) is 14.9. The van der Waals surface area contributed by atoms with Gasteiger partial charge >= 0.3 is 0 Å². The molecule has 1 aliphatic rings. The van der Waals surface area contributed by atoms with E-state index in [9.17, 15) is 13.2 Å². The van der Waals surface area contributed by atoms with Gasteiger partial charge in [0, 0.05) is 30.1 Å². The third-order valence-electron chi connectivity index (χ3n) is 4.89. The molecule has 31 heavy (non-hydrogen) atoms. The predicted octanol–water partition coefficient (Wildman–Crippen LogP) is 2.32. The van der Waals surface area contributed by atoms with Crippen LogP contribution in [0.3, 0.4) is 0 Å². The highest BCUT2D eigenvalue weighted by Crippen LogP contribution is 2.35. The summed E-state index contributed by atoms with van der Waals surface area (Å²) in [5, 5.41) is 3.08. The summed E-state index contributed by atoms with van der Waals surface area (Å²) in [5.41, 5.74) is 3.67. The van der Waals surface area contributed by atoms with E-state index in [2.05, 4.69) is 25.9 Å². The summed E-state index contributed by atoms with van der Waals surface area (Å²) in [6.45, 7) is -0.0789. The van der Waals surface area contributed by atoms with Crippen molar-refractivity contribution in [1.82, 2.24) is 14.7 Å². The van der Waals surface area contributed by atoms with Gasteiger partial charge in [0.2, 0.25) is 21.9 Å². The molecule has 9 heteroatoms. The molecule has 2 heterocycles. The molecule has 0 bridgehead atoms. The molecule has 2 N–H and O–H groups in total. The maximum Gasteiger partial charge on any atom is 0.241 e. The lowest BCUT2D eigenvalue weighted by Gasteiger charge is -2.16. The van der Waals surface area contributed by atoms with Gasteiger partial charge in [-0.15, -0.1) is 6.42 Å². The third kappa shape index (κ3) is 4.12. The molecule has 156 valence electrons. The fraction of sp³-hybridized carbons (Fsp3) is 0.136. The lowest BCUT2D eigenvalue weighted by Crippen LogP contribution is -2.26. The van der Waals surface area contributed by atoms with Crippen molar-refractivity contribution in [2.75, 3.05) is 23.8 Å². The number of amides is 1. The summed E-state index contributed by atoms with van der Waals surface area (Å²) in [5.74, 6) is 2.54. The summed E-state index contributed by atoms with van der Waals surface area (Å²) >= 11 is 0. The lowest BCUT2D eigenvalue weighted by molar-refractivity contribution is -0.117. The molecule has 0 radical (unpaired) electrons. The Hall–Kier alpha value is -3.74. The SMILES string of the molecule is C#CCNS(=O)(=O)c1ccc(Nc2ncc3c(n2)-c2ccccc2N(C)C(=O)C3)cc1. The van der Waals surface area contributed by atoms with E-state index in [1.807, 2.05) is 24.3 Å². The Balaban J connectivity index is 1.63. The molecule has 0 fully saturated rings. The molecule has 0 atom stereocenters. The molecule has 3 aromatic rings. The number of benzene rings is 2. The van der Waals surface area contributed by atoms with Crippen LogP contribution in [0.25, 0.3) is 11.3 Å². The average Bonchev–Trinajstić information content (AvgIpc) is 2.88. The van der Waals surface area contributed by atoms with Crippen molar-refractivity contribution in [1.29, 1.82) is 0 Å². The van der Waals surface area contributed by atoms with E-state index < -0.39 is 10.0 Å². The van der Waals surface area contributed by atoms with Gasteiger partial charge in [-0.05, 0) is 30.3 Å². The first kappa shape index (κ1) is 20.5. The molecule has 0 unspecified atom stereocenters. The fourth-order valence-corrected chi connectivity index (χ4v) is 4.21. The molecule has 0 saturated heterocycles. The van der Waals surface area contributed by atoms with Crippen molar-refractivity contribution in [2.45, 2.75) is 11.3 Å². The Morgan fingerprint density at radius 1 is 1.16 bits per heavy atom. The number of nitrogens with zero attached hydrogens (tertiary/aromatic N) is 3. The number of nitrogens with one attached hydrogen (secondary N) is 2. The maximum atomic E-state index is 12.5. The van der Waals surface area contributed by atoms with Gasteiger partial charge in [0.15, 0.2) is 0 Å². The van der Waals surface area contributed by atoms with E-state index in [0.717, 1.165) is 16.8 Å². The molecule has 0 aliphatic carbocycles. The fourth-order valence-electron chi connectivity index (χ4n) is 3.28. The Morgan fingerprint density at radius 2 is 1.90 bits per heavy atom. The Morgan fingerprint density at radius 3 is 2.65 bits per heavy atom. The monoisotopic (exact) mass is 433 g/mol. The van der Waals surface area contributed by atoms with Gasteiger partial charge in [0.25, 0.3) is 0 Å². The first-order valence-corrected chi connectivity index (χ1v) is 10.9. The number of sulfonamides is 1. The molecule has 2 aromatic carbocycles. The second kappa shape index (κ2) is 8.18. The Labute approximate surface area is 180 Å². The van der Waals surface area contributed by atoms with Gasteiger partial charge in [-0.1, -0.05) is 24.1 Å². The van der Waals surface area contributed by atoms with Gasteiger partial charge in [-0.25, -0.2) is 18.4 Å². The number of likely N-dealkylation sites (N-methyl/N-ethyl adjacent to an activating group) is 1. The van der Waals surface area contributed by atoms with Crippen molar-refractivity contribution in [3.63, 3.8) is 0 Å². The molecule has 1 aliphatic heterocycles.